The SMILES string of the molecule is O=C(O)C(COCCCc1ccccc1)c1ccccc1. The summed E-state index contributed by atoms with van der Waals surface area (Å²) in [5.74, 6) is -1.44. The van der Waals surface area contributed by atoms with Gasteiger partial charge in [0.05, 0.1) is 6.61 Å². The van der Waals surface area contributed by atoms with Gasteiger partial charge in [-0.1, -0.05) is 60.7 Å². The van der Waals surface area contributed by atoms with E-state index in [9.17, 15) is 9.90 Å². The van der Waals surface area contributed by atoms with E-state index in [1.54, 1.807) is 0 Å². The van der Waals surface area contributed by atoms with E-state index in [2.05, 4.69) is 12.1 Å². The molecule has 110 valence electrons. The number of carboxylic acids is 1. The van der Waals surface area contributed by atoms with Crippen molar-refractivity contribution in [2.45, 2.75) is 18.8 Å². The van der Waals surface area contributed by atoms with E-state index < -0.39 is 11.9 Å². The minimum Gasteiger partial charge on any atom is -0.481 e. The van der Waals surface area contributed by atoms with Crippen molar-refractivity contribution in [2.75, 3.05) is 13.2 Å². The fourth-order valence-corrected chi connectivity index (χ4v) is 2.22. The Hall–Kier alpha value is -2.13. The minimum absolute atomic E-state index is 0.216. The molecule has 0 aliphatic carbocycles. The molecule has 0 bridgehead atoms. The standard InChI is InChI=1S/C18H20O3/c19-18(20)17(16-11-5-2-6-12-16)14-21-13-7-10-15-8-3-1-4-9-15/h1-6,8-9,11-12,17H,7,10,13-14H2,(H,19,20). The quantitative estimate of drug-likeness (QED) is 0.755. The molecule has 0 spiro atoms. The van der Waals surface area contributed by atoms with Gasteiger partial charge in [0, 0.05) is 6.61 Å². The number of aryl methyl sites for hydroxylation is 1. The summed E-state index contributed by atoms with van der Waals surface area (Å²) in [4.78, 5) is 11.3. The summed E-state index contributed by atoms with van der Waals surface area (Å²) in [5, 5.41) is 9.28. The third-order valence-corrected chi connectivity index (χ3v) is 3.38. The molecule has 2 aromatic carbocycles. The van der Waals surface area contributed by atoms with Crippen molar-refractivity contribution >= 4 is 5.97 Å². The van der Waals surface area contributed by atoms with Crippen molar-refractivity contribution < 1.29 is 14.6 Å². The van der Waals surface area contributed by atoms with E-state index in [0.29, 0.717) is 6.61 Å². The maximum absolute atomic E-state index is 11.3. The van der Waals surface area contributed by atoms with Crippen molar-refractivity contribution in [3.8, 4) is 0 Å². The molecular weight excluding hydrogens is 264 g/mol. The lowest BCUT2D eigenvalue weighted by Gasteiger charge is -2.13. The van der Waals surface area contributed by atoms with Gasteiger partial charge in [0.15, 0.2) is 0 Å². The van der Waals surface area contributed by atoms with Crippen LogP contribution in [0.25, 0.3) is 0 Å². The molecule has 0 radical (unpaired) electrons. The van der Waals surface area contributed by atoms with Gasteiger partial charge in [-0.05, 0) is 24.0 Å². The summed E-state index contributed by atoms with van der Waals surface area (Å²) in [7, 11) is 0. The lowest BCUT2D eigenvalue weighted by atomic mass is 10.0. The monoisotopic (exact) mass is 284 g/mol. The van der Waals surface area contributed by atoms with Gasteiger partial charge < -0.3 is 9.84 Å². The number of benzene rings is 2. The van der Waals surface area contributed by atoms with Gasteiger partial charge in [-0.15, -0.1) is 0 Å². The van der Waals surface area contributed by atoms with Crippen LogP contribution in [0.15, 0.2) is 60.7 Å². The van der Waals surface area contributed by atoms with Crippen LogP contribution in [-0.2, 0) is 16.0 Å². The fraction of sp³-hybridized carbons (Fsp3) is 0.278. The van der Waals surface area contributed by atoms with Gasteiger partial charge in [0.1, 0.15) is 5.92 Å². The molecule has 1 N–H and O–H groups in total. The van der Waals surface area contributed by atoms with E-state index in [1.165, 1.54) is 5.56 Å². The largest absolute Gasteiger partial charge is 0.481 e. The van der Waals surface area contributed by atoms with Crippen LogP contribution in [0.4, 0.5) is 0 Å². The van der Waals surface area contributed by atoms with Crippen LogP contribution in [0.3, 0.4) is 0 Å². The van der Waals surface area contributed by atoms with Crippen LogP contribution >= 0.6 is 0 Å². The Morgan fingerprint density at radius 1 is 1.00 bits per heavy atom. The summed E-state index contributed by atoms with van der Waals surface area (Å²) in [6.07, 6.45) is 1.84. The molecule has 1 atom stereocenters. The van der Waals surface area contributed by atoms with Crippen molar-refractivity contribution in [1.29, 1.82) is 0 Å². The first-order valence-electron chi connectivity index (χ1n) is 7.17. The molecule has 0 aliphatic heterocycles. The maximum atomic E-state index is 11.3. The first-order valence-corrected chi connectivity index (χ1v) is 7.17. The summed E-state index contributed by atoms with van der Waals surface area (Å²) in [6.45, 7) is 0.791. The Kier molecular flexibility index (Phi) is 5.98. The molecule has 0 heterocycles. The molecule has 0 aromatic heterocycles. The predicted molar refractivity (Wildman–Crippen MR) is 82.4 cm³/mol. The van der Waals surface area contributed by atoms with E-state index in [1.807, 2.05) is 48.5 Å². The molecule has 0 amide bonds. The highest BCUT2D eigenvalue weighted by Gasteiger charge is 2.19. The highest BCUT2D eigenvalue weighted by molar-refractivity contribution is 5.76. The summed E-state index contributed by atoms with van der Waals surface area (Å²) in [6, 6.07) is 19.4. The van der Waals surface area contributed by atoms with Crippen LogP contribution in [0, 0.1) is 0 Å². The number of hydrogen-bond acceptors (Lipinski definition) is 2. The van der Waals surface area contributed by atoms with Crippen LogP contribution in [0.5, 0.6) is 0 Å². The zero-order valence-corrected chi connectivity index (χ0v) is 11.9. The smallest absolute Gasteiger partial charge is 0.313 e. The molecule has 0 saturated heterocycles. The van der Waals surface area contributed by atoms with Crippen molar-refractivity contribution in [3.05, 3.63) is 71.8 Å². The zero-order valence-electron chi connectivity index (χ0n) is 11.9. The Labute approximate surface area is 125 Å². The maximum Gasteiger partial charge on any atom is 0.313 e. The predicted octanol–water partition coefficient (Wildman–Crippen LogP) is 3.50. The molecule has 3 nitrogen and oxygen atoms in total. The minimum atomic E-state index is -0.843. The first-order chi connectivity index (χ1) is 10.3. The van der Waals surface area contributed by atoms with E-state index in [4.69, 9.17) is 4.74 Å². The summed E-state index contributed by atoms with van der Waals surface area (Å²) >= 11 is 0. The van der Waals surface area contributed by atoms with E-state index in [0.717, 1.165) is 18.4 Å². The second-order valence-corrected chi connectivity index (χ2v) is 4.97. The molecular formula is C18H20O3. The normalized spacial score (nSPS) is 12.0. The van der Waals surface area contributed by atoms with E-state index >= 15 is 0 Å². The highest BCUT2D eigenvalue weighted by Crippen LogP contribution is 2.16. The van der Waals surface area contributed by atoms with Gasteiger partial charge in [-0.3, -0.25) is 4.79 Å². The third kappa shape index (κ3) is 5.04. The molecule has 2 aromatic rings. The molecule has 21 heavy (non-hydrogen) atoms. The van der Waals surface area contributed by atoms with Crippen LogP contribution in [0.2, 0.25) is 0 Å². The average Bonchev–Trinajstić information content (AvgIpc) is 2.52. The topological polar surface area (TPSA) is 46.5 Å². The van der Waals surface area contributed by atoms with Crippen LogP contribution in [0.1, 0.15) is 23.5 Å². The summed E-state index contributed by atoms with van der Waals surface area (Å²) < 4.78 is 5.55. The third-order valence-electron chi connectivity index (χ3n) is 3.38. The zero-order chi connectivity index (χ0) is 14.9. The summed E-state index contributed by atoms with van der Waals surface area (Å²) in [5.41, 5.74) is 2.06. The van der Waals surface area contributed by atoms with Gasteiger partial charge in [0.25, 0.3) is 0 Å². The second-order valence-electron chi connectivity index (χ2n) is 4.97. The van der Waals surface area contributed by atoms with Gasteiger partial charge >= 0.3 is 5.97 Å². The van der Waals surface area contributed by atoms with Crippen LogP contribution < -0.4 is 0 Å². The van der Waals surface area contributed by atoms with Crippen molar-refractivity contribution in [3.63, 3.8) is 0 Å². The number of aliphatic carboxylic acids is 1. The highest BCUT2D eigenvalue weighted by atomic mass is 16.5. The average molecular weight is 284 g/mol. The second kappa shape index (κ2) is 8.22. The molecule has 1 unspecified atom stereocenters. The number of rotatable bonds is 8. The molecule has 0 saturated carbocycles. The molecule has 0 fully saturated rings. The van der Waals surface area contributed by atoms with Crippen molar-refractivity contribution in [2.24, 2.45) is 0 Å². The number of carboxylic acid groups (broad SMARTS) is 1. The molecule has 2 rings (SSSR count). The number of hydrogen-bond donors (Lipinski definition) is 1. The Bertz CT molecular complexity index is 537. The Morgan fingerprint density at radius 2 is 1.62 bits per heavy atom. The lowest BCUT2D eigenvalue weighted by molar-refractivity contribution is -0.140. The van der Waals surface area contributed by atoms with Gasteiger partial charge in [-0.25, -0.2) is 0 Å². The van der Waals surface area contributed by atoms with E-state index in [-0.39, 0.29) is 6.61 Å². The number of carbonyl (C=O) groups is 1. The first kappa shape index (κ1) is 15.3. The Morgan fingerprint density at radius 3 is 2.24 bits per heavy atom. The van der Waals surface area contributed by atoms with Crippen LogP contribution in [-0.4, -0.2) is 24.3 Å². The van der Waals surface area contributed by atoms with Gasteiger partial charge in [0.2, 0.25) is 0 Å². The molecule has 3 heteroatoms. The van der Waals surface area contributed by atoms with Gasteiger partial charge in [-0.2, -0.15) is 0 Å². The fourth-order valence-electron chi connectivity index (χ4n) is 2.22. The lowest BCUT2D eigenvalue weighted by Crippen LogP contribution is -2.18. The molecule has 0 aliphatic rings. The Balaban J connectivity index is 1.74. The number of ether oxygens (including phenoxy) is 1. The van der Waals surface area contributed by atoms with Crippen molar-refractivity contribution in [1.82, 2.24) is 0 Å².